The normalized spacial score (nSPS) is 17.9. The van der Waals surface area contributed by atoms with Gasteiger partial charge in [-0.2, -0.15) is 0 Å². The van der Waals surface area contributed by atoms with Crippen LogP contribution in [0.3, 0.4) is 0 Å². The van der Waals surface area contributed by atoms with Crippen LogP contribution in [0.15, 0.2) is 24.3 Å². The van der Waals surface area contributed by atoms with E-state index in [-0.39, 0.29) is 0 Å². The third-order valence-electron chi connectivity index (χ3n) is 3.22. The van der Waals surface area contributed by atoms with Crippen molar-refractivity contribution in [2.45, 2.75) is 38.2 Å². The molecule has 2 rings (SSSR count). The van der Waals surface area contributed by atoms with E-state index in [1.165, 1.54) is 30.4 Å². The highest BCUT2D eigenvalue weighted by Crippen LogP contribution is 2.35. The molecule has 0 heterocycles. The fourth-order valence-corrected chi connectivity index (χ4v) is 2.19. The highest BCUT2D eigenvalue weighted by Gasteiger charge is 2.25. The van der Waals surface area contributed by atoms with Gasteiger partial charge in [-0.1, -0.05) is 37.1 Å². The first-order valence-corrected chi connectivity index (χ1v) is 6.31. The number of nitrogens with two attached hydrogens (primary N) is 1. The van der Waals surface area contributed by atoms with Crippen molar-refractivity contribution in [2.24, 2.45) is 5.73 Å². The minimum atomic E-state index is 0.366. The average Bonchev–Trinajstić information content (AvgIpc) is 2.28. The van der Waals surface area contributed by atoms with E-state index in [9.17, 15) is 0 Å². The van der Waals surface area contributed by atoms with Gasteiger partial charge in [-0.3, -0.25) is 0 Å². The summed E-state index contributed by atoms with van der Waals surface area (Å²) in [6.45, 7) is 1.71. The van der Waals surface area contributed by atoms with Crippen molar-refractivity contribution in [1.82, 2.24) is 0 Å². The summed E-state index contributed by atoms with van der Waals surface area (Å²) >= 11 is 0. The Hall–Kier alpha value is -0.860. The van der Waals surface area contributed by atoms with Gasteiger partial charge >= 0.3 is 0 Å². The lowest BCUT2D eigenvalue weighted by atomic mass is 9.85. The van der Waals surface area contributed by atoms with Crippen LogP contribution in [0.1, 0.15) is 42.9 Å². The van der Waals surface area contributed by atoms with Gasteiger partial charge in [-0.15, -0.1) is 0 Å². The van der Waals surface area contributed by atoms with E-state index in [0.29, 0.717) is 6.10 Å². The van der Waals surface area contributed by atoms with Crippen molar-refractivity contribution in [1.29, 1.82) is 0 Å². The first-order chi connectivity index (χ1) is 7.92. The van der Waals surface area contributed by atoms with Crippen molar-refractivity contribution in [2.75, 3.05) is 13.2 Å². The Bertz CT molecular complexity index is 324. The second-order valence-electron chi connectivity index (χ2n) is 4.47. The predicted octanol–water partition coefficient (Wildman–Crippen LogP) is 2.82. The molecule has 16 heavy (non-hydrogen) atoms. The first kappa shape index (κ1) is 11.6. The van der Waals surface area contributed by atoms with Crippen LogP contribution in [-0.4, -0.2) is 13.2 Å². The molecule has 0 saturated heterocycles. The highest BCUT2D eigenvalue weighted by atomic mass is 16.5. The van der Waals surface area contributed by atoms with Crippen LogP contribution < -0.4 is 5.73 Å². The maximum atomic E-state index is 5.85. The molecule has 1 atom stereocenters. The Balaban J connectivity index is 1.59. The van der Waals surface area contributed by atoms with Gasteiger partial charge in [0.15, 0.2) is 0 Å². The quantitative estimate of drug-likeness (QED) is 0.716. The second kappa shape index (κ2) is 6.02. The summed E-state index contributed by atoms with van der Waals surface area (Å²) in [6.07, 6.45) is 6.25. The Morgan fingerprint density at radius 3 is 2.75 bits per heavy atom. The third kappa shape index (κ3) is 2.83. The molecule has 2 heteroatoms. The summed E-state index contributed by atoms with van der Waals surface area (Å²) in [5, 5.41) is 0. The maximum Gasteiger partial charge on any atom is 0.0868 e. The summed E-state index contributed by atoms with van der Waals surface area (Å²) in [5.74, 6) is 0. The molecule has 1 aliphatic carbocycles. The van der Waals surface area contributed by atoms with E-state index >= 15 is 0 Å². The summed E-state index contributed by atoms with van der Waals surface area (Å²) < 4.78 is 5.85. The van der Waals surface area contributed by atoms with E-state index in [1.807, 2.05) is 0 Å². The fourth-order valence-electron chi connectivity index (χ4n) is 2.19. The molecule has 2 nitrogen and oxygen atoms in total. The molecule has 1 aromatic carbocycles. The molecule has 0 bridgehead atoms. The lowest BCUT2D eigenvalue weighted by Crippen LogP contribution is -2.20. The zero-order valence-corrected chi connectivity index (χ0v) is 9.82. The molecule has 0 radical (unpaired) electrons. The van der Waals surface area contributed by atoms with Crippen molar-refractivity contribution >= 4 is 0 Å². The minimum absolute atomic E-state index is 0.366. The second-order valence-corrected chi connectivity index (χ2v) is 4.47. The Morgan fingerprint density at radius 1 is 1.12 bits per heavy atom. The van der Waals surface area contributed by atoms with Crippen LogP contribution in [-0.2, 0) is 11.2 Å². The van der Waals surface area contributed by atoms with Gasteiger partial charge in [0.25, 0.3) is 0 Å². The summed E-state index contributed by atoms with van der Waals surface area (Å²) in [5.41, 5.74) is 8.29. The molecular weight excluding hydrogens is 198 g/mol. The van der Waals surface area contributed by atoms with Crippen LogP contribution in [0.4, 0.5) is 0 Å². The molecule has 0 amide bonds. The molecule has 0 spiro atoms. The van der Waals surface area contributed by atoms with Crippen molar-refractivity contribution in [3.8, 4) is 0 Å². The van der Waals surface area contributed by atoms with Gasteiger partial charge in [-0.25, -0.2) is 0 Å². The van der Waals surface area contributed by atoms with Gasteiger partial charge in [-0.05, 0) is 30.5 Å². The van der Waals surface area contributed by atoms with Crippen molar-refractivity contribution in [3.63, 3.8) is 0 Å². The van der Waals surface area contributed by atoms with Crippen LogP contribution in [0.25, 0.3) is 0 Å². The van der Waals surface area contributed by atoms with Gasteiger partial charge in [0.1, 0.15) is 0 Å². The number of unbranched alkanes of at least 4 members (excludes halogenated alkanes) is 3. The minimum Gasteiger partial charge on any atom is -0.373 e. The predicted molar refractivity (Wildman–Crippen MR) is 66.4 cm³/mol. The van der Waals surface area contributed by atoms with Gasteiger partial charge < -0.3 is 10.5 Å². The van der Waals surface area contributed by atoms with Crippen LogP contribution in [0.5, 0.6) is 0 Å². The standard InChI is InChI=1S/C14H21NO/c15-9-5-1-2-6-10-16-14-11-12-7-3-4-8-13(12)14/h3-4,7-8,14H,1-2,5-6,9-11,15H2. The Labute approximate surface area is 97.8 Å². The molecule has 2 N–H and O–H groups in total. The number of ether oxygens (including phenoxy) is 1. The van der Waals surface area contributed by atoms with Crippen molar-refractivity contribution in [3.05, 3.63) is 35.4 Å². The summed E-state index contributed by atoms with van der Waals surface area (Å²) in [6, 6.07) is 8.56. The van der Waals surface area contributed by atoms with Crippen LogP contribution in [0, 0.1) is 0 Å². The molecule has 0 saturated carbocycles. The topological polar surface area (TPSA) is 35.2 Å². The van der Waals surface area contributed by atoms with E-state index in [2.05, 4.69) is 24.3 Å². The monoisotopic (exact) mass is 219 g/mol. The summed E-state index contributed by atoms with van der Waals surface area (Å²) in [4.78, 5) is 0. The zero-order valence-electron chi connectivity index (χ0n) is 9.82. The molecular formula is C14H21NO. The smallest absolute Gasteiger partial charge is 0.0868 e. The van der Waals surface area contributed by atoms with E-state index in [0.717, 1.165) is 26.0 Å². The van der Waals surface area contributed by atoms with E-state index < -0.39 is 0 Å². The molecule has 1 unspecified atom stereocenters. The van der Waals surface area contributed by atoms with Crippen LogP contribution >= 0.6 is 0 Å². The van der Waals surface area contributed by atoms with Gasteiger partial charge in [0.05, 0.1) is 6.10 Å². The lowest BCUT2D eigenvalue weighted by molar-refractivity contribution is 0.0345. The van der Waals surface area contributed by atoms with Crippen molar-refractivity contribution < 1.29 is 4.74 Å². The number of benzene rings is 1. The van der Waals surface area contributed by atoms with Gasteiger partial charge in [0.2, 0.25) is 0 Å². The number of hydrogen-bond donors (Lipinski definition) is 1. The molecule has 0 fully saturated rings. The molecule has 1 aliphatic rings. The van der Waals surface area contributed by atoms with Crippen LogP contribution in [0.2, 0.25) is 0 Å². The average molecular weight is 219 g/mol. The number of hydrogen-bond acceptors (Lipinski definition) is 2. The largest absolute Gasteiger partial charge is 0.373 e. The molecule has 0 aliphatic heterocycles. The fraction of sp³-hybridized carbons (Fsp3) is 0.571. The Morgan fingerprint density at radius 2 is 1.94 bits per heavy atom. The Kier molecular flexibility index (Phi) is 4.37. The zero-order chi connectivity index (χ0) is 11.2. The maximum absolute atomic E-state index is 5.85. The van der Waals surface area contributed by atoms with Gasteiger partial charge in [0, 0.05) is 13.0 Å². The molecule has 0 aromatic heterocycles. The first-order valence-electron chi connectivity index (χ1n) is 6.31. The summed E-state index contributed by atoms with van der Waals surface area (Å²) in [7, 11) is 0. The van der Waals surface area contributed by atoms with E-state index in [4.69, 9.17) is 10.5 Å². The number of fused-ring (bicyclic) bond motifs is 1. The lowest BCUT2D eigenvalue weighted by Gasteiger charge is -2.29. The SMILES string of the molecule is NCCCCCCOC1Cc2ccccc21. The van der Waals surface area contributed by atoms with E-state index in [1.54, 1.807) is 0 Å². The molecule has 88 valence electrons. The number of rotatable bonds is 7. The molecule has 1 aromatic rings. The highest BCUT2D eigenvalue weighted by molar-refractivity contribution is 5.37. The third-order valence-corrected chi connectivity index (χ3v) is 3.22.